The van der Waals surface area contributed by atoms with Gasteiger partial charge in [-0.15, -0.1) is 0 Å². The van der Waals surface area contributed by atoms with E-state index in [1.165, 1.54) is 11.1 Å². The van der Waals surface area contributed by atoms with Gasteiger partial charge in [0.1, 0.15) is 0 Å². The quantitative estimate of drug-likeness (QED) is 0.855. The van der Waals surface area contributed by atoms with Gasteiger partial charge >= 0.3 is 0 Å². The second-order valence-electron chi connectivity index (χ2n) is 4.97. The molecule has 1 amide bonds. The molecule has 0 aliphatic carbocycles. The number of rotatable bonds is 4. The molecule has 1 aromatic rings. The molecule has 3 heteroatoms. The molecular formula is C15H22N2O. The number of hydrogen-bond acceptors (Lipinski definition) is 2. The molecule has 0 spiro atoms. The number of amides is 1. The van der Waals surface area contributed by atoms with Crippen molar-refractivity contribution in [2.45, 2.75) is 45.2 Å². The Morgan fingerprint density at radius 3 is 2.72 bits per heavy atom. The summed E-state index contributed by atoms with van der Waals surface area (Å²) in [6.45, 7) is 5.14. The molecule has 18 heavy (non-hydrogen) atoms. The highest BCUT2D eigenvalue weighted by atomic mass is 16.2. The zero-order valence-corrected chi connectivity index (χ0v) is 11.2. The Morgan fingerprint density at radius 2 is 2.17 bits per heavy atom. The molecule has 2 N–H and O–H groups in total. The molecule has 1 unspecified atom stereocenters. The molecule has 98 valence electrons. The third-order valence-electron chi connectivity index (χ3n) is 3.62. The smallest absolute Gasteiger partial charge is 0.237 e. The molecule has 1 aliphatic heterocycles. The lowest BCUT2D eigenvalue weighted by Crippen LogP contribution is -2.41. The van der Waals surface area contributed by atoms with Gasteiger partial charge in [0, 0.05) is 0 Å². The van der Waals surface area contributed by atoms with Crippen molar-refractivity contribution in [3.05, 3.63) is 35.4 Å². The van der Waals surface area contributed by atoms with Crippen molar-refractivity contribution < 1.29 is 4.79 Å². The average Bonchev–Trinajstić information content (AvgIpc) is 2.92. The van der Waals surface area contributed by atoms with E-state index in [1.54, 1.807) is 0 Å². The van der Waals surface area contributed by atoms with Crippen LogP contribution in [0.2, 0.25) is 0 Å². The predicted octanol–water partition coefficient (Wildman–Crippen LogP) is 2.18. The molecular weight excluding hydrogens is 224 g/mol. The standard InChI is InChI=1S/C15H22N2O/c1-3-12-6-8-13(9-7-12)11(2)17-15(18)14-5-4-10-16-14/h6-9,11,14,16H,3-5,10H2,1-2H3,(H,17,18)/t11?,14-/m1/s1. The monoisotopic (exact) mass is 246 g/mol. The molecule has 0 radical (unpaired) electrons. The summed E-state index contributed by atoms with van der Waals surface area (Å²) < 4.78 is 0. The Kier molecular flexibility index (Phi) is 4.37. The van der Waals surface area contributed by atoms with E-state index in [9.17, 15) is 4.79 Å². The highest BCUT2D eigenvalue weighted by molar-refractivity contribution is 5.82. The minimum atomic E-state index is 0.00219. The Balaban J connectivity index is 1.93. The maximum atomic E-state index is 12.0. The second-order valence-corrected chi connectivity index (χ2v) is 4.97. The summed E-state index contributed by atoms with van der Waals surface area (Å²) >= 11 is 0. The van der Waals surface area contributed by atoms with Crippen LogP contribution in [0.5, 0.6) is 0 Å². The van der Waals surface area contributed by atoms with Crippen molar-refractivity contribution in [3.63, 3.8) is 0 Å². The minimum Gasteiger partial charge on any atom is -0.348 e. The SMILES string of the molecule is CCc1ccc(C(C)NC(=O)[C@H]2CCCN2)cc1. The number of carbonyl (C=O) groups is 1. The van der Waals surface area contributed by atoms with Crippen LogP contribution in [0.1, 0.15) is 43.9 Å². The van der Waals surface area contributed by atoms with E-state index in [4.69, 9.17) is 0 Å². The molecule has 0 bridgehead atoms. The van der Waals surface area contributed by atoms with Crippen LogP contribution in [0, 0.1) is 0 Å². The van der Waals surface area contributed by atoms with E-state index in [0.29, 0.717) is 0 Å². The molecule has 1 saturated heterocycles. The van der Waals surface area contributed by atoms with Gasteiger partial charge in [-0.25, -0.2) is 0 Å². The second kappa shape index (κ2) is 6.01. The van der Waals surface area contributed by atoms with Gasteiger partial charge in [-0.3, -0.25) is 4.79 Å². The van der Waals surface area contributed by atoms with E-state index in [2.05, 4.69) is 41.8 Å². The molecule has 1 heterocycles. The fraction of sp³-hybridized carbons (Fsp3) is 0.533. The van der Waals surface area contributed by atoms with Crippen molar-refractivity contribution in [1.82, 2.24) is 10.6 Å². The van der Waals surface area contributed by atoms with Gasteiger partial charge in [0.2, 0.25) is 5.91 Å². The lowest BCUT2D eigenvalue weighted by atomic mass is 10.0. The van der Waals surface area contributed by atoms with Crippen LogP contribution in [-0.2, 0) is 11.2 Å². The van der Waals surface area contributed by atoms with Crippen molar-refractivity contribution >= 4 is 5.91 Å². The summed E-state index contributed by atoms with van der Waals surface area (Å²) in [5.74, 6) is 0.125. The van der Waals surface area contributed by atoms with Crippen molar-refractivity contribution in [1.29, 1.82) is 0 Å². The predicted molar refractivity (Wildman–Crippen MR) is 73.4 cm³/mol. The van der Waals surface area contributed by atoms with Crippen molar-refractivity contribution in [2.75, 3.05) is 6.54 Å². The Hall–Kier alpha value is -1.35. The van der Waals surface area contributed by atoms with Crippen molar-refractivity contribution in [2.24, 2.45) is 0 Å². The molecule has 0 aromatic heterocycles. The van der Waals surface area contributed by atoms with Crippen LogP contribution >= 0.6 is 0 Å². The summed E-state index contributed by atoms with van der Waals surface area (Å²) in [4.78, 5) is 12.0. The zero-order valence-electron chi connectivity index (χ0n) is 11.2. The highest BCUT2D eigenvalue weighted by Gasteiger charge is 2.23. The topological polar surface area (TPSA) is 41.1 Å². The first-order chi connectivity index (χ1) is 8.70. The Bertz CT molecular complexity index is 393. The van der Waals surface area contributed by atoms with Gasteiger partial charge in [-0.05, 0) is 43.9 Å². The third kappa shape index (κ3) is 3.10. The number of nitrogens with one attached hydrogen (secondary N) is 2. The Labute approximate surface area is 109 Å². The minimum absolute atomic E-state index is 0.00219. The first-order valence-corrected chi connectivity index (χ1v) is 6.83. The van der Waals surface area contributed by atoms with Crippen LogP contribution in [0.4, 0.5) is 0 Å². The lowest BCUT2D eigenvalue weighted by molar-refractivity contribution is -0.123. The van der Waals surface area contributed by atoms with Crippen molar-refractivity contribution in [3.8, 4) is 0 Å². The fourth-order valence-corrected chi connectivity index (χ4v) is 2.35. The van der Waals surface area contributed by atoms with Gasteiger partial charge in [0.25, 0.3) is 0 Å². The molecule has 0 saturated carbocycles. The Morgan fingerprint density at radius 1 is 1.44 bits per heavy atom. The summed E-state index contributed by atoms with van der Waals surface area (Å²) in [7, 11) is 0. The maximum Gasteiger partial charge on any atom is 0.237 e. The van der Waals surface area contributed by atoms with Gasteiger partial charge in [-0.2, -0.15) is 0 Å². The normalized spacial score (nSPS) is 20.7. The van der Waals surface area contributed by atoms with Gasteiger partial charge in [-0.1, -0.05) is 31.2 Å². The van der Waals surface area contributed by atoms with E-state index >= 15 is 0 Å². The summed E-state index contributed by atoms with van der Waals surface area (Å²) in [6, 6.07) is 8.54. The van der Waals surface area contributed by atoms with Crippen LogP contribution in [0.15, 0.2) is 24.3 Å². The van der Waals surface area contributed by atoms with E-state index < -0.39 is 0 Å². The number of carbonyl (C=O) groups excluding carboxylic acids is 1. The lowest BCUT2D eigenvalue weighted by Gasteiger charge is -2.17. The van der Waals surface area contributed by atoms with Crippen LogP contribution in [0.25, 0.3) is 0 Å². The number of aryl methyl sites for hydroxylation is 1. The number of benzene rings is 1. The molecule has 1 fully saturated rings. The van der Waals surface area contributed by atoms with Crippen LogP contribution in [0.3, 0.4) is 0 Å². The van der Waals surface area contributed by atoms with E-state index in [-0.39, 0.29) is 18.0 Å². The van der Waals surface area contributed by atoms with Gasteiger partial charge in [0.15, 0.2) is 0 Å². The van der Waals surface area contributed by atoms with Gasteiger partial charge in [0.05, 0.1) is 12.1 Å². The largest absolute Gasteiger partial charge is 0.348 e. The zero-order chi connectivity index (χ0) is 13.0. The van der Waals surface area contributed by atoms with E-state index in [1.807, 2.05) is 6.92 Å². The molecule has 1 aromatic carbocycles. The third-order valence-corrected chi connectivity index (χ3v) is 3.62. The summed E-state index contributed by atoms with van der Waals surface area (Å²) in [6.07, 6.45) is 3.10. The van der Waals surface area contributed by atoms with E-state index in [0.717, 1.165) is 25.8 Å². The molecule has 3 nitrogen and oxygen atoms in total. The first-order valence-electron chi connectivity index (χ1n) is 6.83. The van der Waals surface area contributed by atoms with Gasteiger partial charge < -0.3 is 10.6 Å². The average molecular weight is 246 g/mol. The highest BCUT2D eigenvalue weighted by Crippen LogP contribution is 2.15. The molecule has 1 aliphatic rings. The van der Waals surface area contributed by atoms with Crippen LogP contribution in [-0.4, -0.2) is 18.5 Å². The number of hydrogen-bond donors (Lipinski definition) is 2. The first kappa shape index (κ1) is 13.1. The molecule has 2 rings (SSSR count). The summed E-state index contributed by atoms with van der Waals surface area (Å²) in [5, 5.41) is 6.29. The molecule has 2 atom stereocenters. The fourth-order valence-electron chi connectivity index (χ4n) is 2.35. The summed E-state index contributed by atoms with van der Waals surface area (Å²) in [5.41, 5.74) is 2.49. The van der Waals surface area contributed by atoms with Crippen LogP contribution < -0.4 is 10.6 Å². The maximum absolute atomic E-state index is 12.0.